The van der Waals surface area contributed by atoms with Crippen molar-refractivity contribution in [2.45, 2.75) is 19.4 Å². The Labute approximate surface area is 99.5 Å². The fraction of sp³-hybridized carbons (Fsp3) is 0.455. The molecule has 1 atom stereocenters. The Balaban J connectivity index is 2.99. The normalized spacial score (nSPS) is 12.6. The average Bonchev–Trinajstić information content (AvgIpc) is 2.23. The van der Waals surface area contributed by atoms with Gasteiger partial charge in [0.1, 0.15) is 0 Å². The summed E-state index contributed by atoms with van der Waals surface area (Å²) in [5, 5.41) is 0.240. The summed E-state index contributed by atoms with van der Waals surface area (Å²) >= 11 is 5.91. The summed E-state index contributed by atoms with van der Waals surface area (Å²) in [6.07, 6.45) is 0.587. The molecule has 0 fully saturated rings. The maximum absolute atomic E-state index is 13.6. The van der Waals surface area contributed by atoms with Crippen LogP contribution in [0.25, 0.3) is 0 Å². The van der Waals surface area contributed by atoms with Gasteiger partial charge in [0, 0.05) is 6.04 Å². The van der Waals surface area contributed by atoms with E-state index in [2.05, 4.69) is 0 Å². The lowest BCUT2D eigenvalue weighted by atomic mass is 10.0. The molecule has 0 saturated heterocycles. The molecule has 1 rings (SSSR count). The lowest BCUT2D eigenvalue weighted by Crippen LogP contribution is -2.15. The Kier molecular flexibility index (Phi) is 4.99. The summed E-state index contributed by atoms with van der Waals surface area (Å²) in [5.41, 5.74) is 11.8. The van der Waals surface area contributed by atoms with Crippen molar-refractivity contribution in [3.63, 3.8) is 0 Å². The number of halogens is 2. The van der Waals surface area contributed by atoms with E-state index >= 15 is 0 Å². The SMILES string of the molecule is CCOc1c(F)cc([C@H](N)CCN)cc1Cl. The summed E-state index contributed by atoms with van der Waals surface area (Å²) in [6.45, 7) is 2.59. The summed E-state index contributed by atoms with van der Waals surface area (Å²) < 4.78 is 18.7. The van der Waals surface area contributed by atoms with E-state index in [1.54, 1.807) is 13.0 Å². The van der Waals surface area contributed by atoms with Gasteiger partial charge in [-0.25, -0.2) is 4.39 Å². The molecule has 1 aromatic rings. The van der Waals surface area contributed by atoms with Gasteiger partial charge in [-0.3, -0.25) is 0 Å². The monoisotopic (exact) mass is 246 g/mol. The predicted molar refractivity (Wildman–Crippen MR) is 63.2 cm³/mol. The van der Waals surface area contributed by atoms with E-state index in [4.69, 9.17) is 27.8 Å². The van der Waals surface area contributed by atoms with Crippen LogP contribution >= 0.6 is 11.6 Å². The predicted octanol–water partition coefficient (Wildman–Crippen LogP) is 2.23. The van der Waals surface area contributed by atoms with Crippen LogP contribution in [-0.2, 0) is 0 Å². The molecule has 0 radical (unpaired) electrons. The number of ether oxygens (including phenoxy) is 1. The van der Waals surface area contributed by atoms with Gasteiger partial charge in [-0.05, 0) is 37.6 Å². The molecular formula is C11H16ClFN2O. The Morgan fingerprint density at radius 2 is 2.19 bits per heavy atom. The standard InChI is InChI=1S/C11H16ClFN2O/c1-2-16-11-8(12)5-7(6-9(11)13)10(15)3-4-14/h5-6,10H,2-4,14-15H2,1H3/t10-/m1/s1. The van der Waals surface area contributed by atoms with Crippen molar-refractivity contribution in [2.75, 3.05) is 13.2 Å². The smallest absolute Gasteiger partial charge is 0.173 e. The summed E-state index contributed by atoms with van der Waals surface area (Å²) in [7, 11) is 0. The van der Waals surface area contributed by atoms with Crippen LogP contribution in [0.4, 0.5) is 4.39 Å². The van der Waals surface area contributed by atoms with Gasteiger partial charge < -0.3 is 16.2 Å². The van der Waals surface area contributed by atoms with Crippen LogP contribution in [0.15, 0.2) is 12.1 Å². The van der Waals surface area contributed by atoms with Gasteiger partial charge in [-0.15, -0.1) is 0 Å². The highest BCUT2D eigenvalue weighted by Crippen LogP contribution is 2.31. The first-order chi connectivity index (χ1) is 7.60. The molecule has 90 valence electrons. The van der Waals surface area contributed by atoms with Crippen molar-refractivity contribution in [3.8, 4) is 5.75 Å². The quantitative estimate of drug-likeness (QED) is 0.838. The highest BCUT2D eigenvalue weighted by Gasteiger charge is 2.14. The molecule has 0 spiro atoms. The zero-order chi connectivity index (χ0) is 12.1. The Morgan fingerprint density at radius 1 is 1.50 bits per heavy atom. The third-order valence-electron chi connectivity index (χ3n) is 2.22. The van der Waals surface area contributed by atoms with Gasteiger partial charge in [0.05, 0.1) is 11.6 Å². The molecule has 0 aliphatic rings. The maximum atomic E-state index is 13.6. The van der Waals surface area contributed by atoms with Crippen molar-refractivity contribution < 1.29 is 9.13 Å². The molecule has 0 unspecified atom stereocenters. The molecule has 0 aromatic heterocycles. The minimum atomic E-state index is -0.489. The van der Waals surface area contributed by atoms with Gasteiger partial charge >= 0.3 is 0 Å². The Bertz CT molecular complexity index is 337. The van der Waals surface area contributed by atoms with Gasteiger partial charge in [0.25, 0.3) is 0 Å². The number of nitrogens with two attached hydrogens (primary N) is 2. The van der Waals surface area contributed by atoms with E-state index in [9.17, 15) is 4.39 Å². The van der Waals surface area contributed by atoms with Gasteiger partial charge in [-0.2, -0.15) is 0 Å². The van der Waals surface area contributed by atoms with Crippen LogP contribution in [0.5, 0.6) is 5.75 Å². The topological polar surface area (TPSA) is 61.3 Å². The van der Waals surface area contributed by atoms with Gasteiger partial charge in [0.2, 0.25) is 0 Å². The molecule has 16 heavy (non-hydrogen) atoms. The third kappa shape index (κ3) is 3.07. The Hall–Kier alpha value is -0.840. The van der Waals surface area contributed by atoms with Crippen molar-refractivity contribution >= 4 is 11.6 Å². The van der Waals surface area contributed by atoms with E-state index in [1.165, 1.54) is 6.07 Å². The first-order valence-corrected chi connectivity index (χ1v) is 5.55. The zero-order valence-corrected chi connectivity index (χ0v) is 9.93. The van der Waals surface area contributed by atoms with E-state index in [1.807, 2.05) is 0 Å². The molecule has 0 aliphatic carbocycles. The molecule has 0 saturated carbocycles. The highest BCUT2D eigenvalue weighted by molar-refractivity contribution is 6.32. The lowest BCUT2D eigenvalue weighted by Gasteiger charge is -2.14. The minimum absolute atomic E-state index is 0.0767. The second-order valence-corrected chi connectivity index (χ2v) is 3.84. The van der Waals surface area contributed by atoms with E-state index in [0.29, 0.717) is 25.1 Å². The van der Waals surface area contributed by atoms with Gasteiger partial charge in [0.15, 0.2) is 11.6 Å². The molecule has 0 amide bonds. The van der Waals surface area contributed by atoms with Crippen molar-refractivity contribution in [3.05, 3.63) is 28.5 Å². The van der Waals surface area contributed by atoms with Crippen molar-refractivity contribution in [2.24, 2.45) is 11.5 Å². The van der Waals surface area contributed by atoms with Crippen LogP contribution in [0.2, 0.25) is 5.02 Å². The minimum Gasteiger partial charge on any atom is -0.489 e. The molecule has 1 aromatic carbocycles. The first-order valence-electron chi connectivity index (χ1n) is 5.17. The average molecular weight is 247 g/mol. The third-order valence-corrected chi connectivity index (χ3v) is 2.50. The number of hydrogen-bond donors (Lipinski definition) is 2. The van der Waals surface area contributed by atoms with Crippen LogP contribution < -0.4 is 16.2 Å². The lowest BCUT2D eigenvalue weighted by molar-refractivity contribution is 0.321. The number of hydrogen-bond acceptors (Lipinski definition) is 3. The second kappa shape index (κ2) is 6.03. The molecular weight excluding hydrogens is 231 g/mol. The van der Waals surface area contributed by atoms with E-state index in [-0.39, 0.29) is 16.8 Å². The highest BCUT2D eigenvalue weighted by atomic mass is 35.5. The first kappa shape index (κ1) is 13.2. The molecule has 0 heterocycles. The van der Waals surface area contributed by atoms with Crippen molar-refractivity contribution in [1.29, 1.82) is 0 Å². The molecule has 0 bridgehead atoms. The number of benzene rings is 1. The number of rotatable bonds is 5. The van der Waals surface area contributed by atoms with E-state index < -0.39 is 5.82 Å². The fourth-order valence-electron chi connectivity index (χ4n) is 1.42. The van der Waals surface area contributed by atoms with Crippen LogP contribution in [0.1, 0.15) is 24.9 Å². The van der Waals surface area contributed by atoms with Gasteiger partial charge in [-0.1, -0.05) is 11.6 Å². The van der Waals surface area contributed by atoms with Crippen LogP contribution in [-0.4, -0.2) is 13.2 Å². The Morgan fingerprint density at radius 3 is 2.69 bits per heavy atom. The summed E-state index contributed by atoms with van der Waals surface area (Å²) in [4.78, 5) is 0. The molecule has 5 heteroatoms. The second-order valence-electron chi connectivity index (χ2n) is 3.43. The fourth-order valence-corrected chi connectivity index (χ4v) is 1.69. The van der Waals surface area contributed by atoms with Crippen LogP contribution in [0.3, 0.4) is 0 Å². The summed E-state index contributed by atoms with van der Waals surface area (Å²) in [6, 6.07) is 2.67. The van der Waals surface area contributed by atoms with Crippen molar-refractivity contribution in [1.82, 2.24) is 0 Å². The summed E-state index contributed by atoms with van der Waals surface area (Å²) in [5.74, 6) is -0.412. The molecule has 0 aliphatic heterocycles. The van der Waals surface area contributed by atoms with E-state index in [0.717, 1.165) is 0 Å². The van der Waals surface area contributed by atoms with Crippen LogP contribution in [0, 0.1) is 5.82 Å². The zero-order valence-electron chi connectivity index (χ0n) is 9.17. The molecule has 3 nitrogen and oxygen atoms in total. The maximum Gasteiger partial charge on any atom is 0.173 e. The largest absolute Gasteiger partial charge is 0.489 e. The molecule has 4 N–H and O–H groups in total.